The predicted molar refractivity (Wildman–Crippen MR) is 78.6 cm³/mol. The third-order valence-corrected chi connectivity index (χ3v) is 5.38. The molecular weight excluding hydrogens is 292 g/mol. The molecule has 21 heavy (non-hydrogen) atoms. The summed E-state index contributed by atoms with van der Waals surface area (Å²) in [6.07, 6.45) is 0.268. The van der Waals surface area contributed by atoms with E-state index in [2.05, 4.69) is 5.32 Å². The van der Waals surface area contributed by atoms with Gasteiger partial charge in [-0.1, -0.05) is 0 Å². The average Bonchev–Trinajstić information content (AvgIpc) is 3.12. The van der Waals surface area contributed by atoms with Crippen LogP contribution in [0.1, 0.15) is 6.42 Å². The highest BCUT2D eigenvalue weighted by Crippen LogP contribution is 2.20. The lowest BCUT2D eigenvalue weighted by atomic mass is 10.1. The van der Waals surface area contributed by atoms with Gasteiger partial charge in [-0.3, -0.25) is 29.5 Å². The Labute approximate surface area is 128 Å². The van der Waals surface area contributed by atoms with Crippen LogP contribution < -0.4 is 5.32 Å². The van der Waals surface area contributed by atoms with E-state index in [0.29, 0.717) is 26.2 Å². The van der Waals surface area contributed by atoms with Crippen LogP contribution in [0, 0.1) is 0 Å². The summed E-state index contributed by atoms with van der Waals surface area (Å²) in [6.45, 7) is 2.57. The third kappa shape index (κ3) is 2.79. The summed E-state index contributed by atoms with van der Waals surface area (Å²) in [5, 5.41) is 3.19. The van der Waals surface area contributed by atoms with E-state index < -0.39 is 0 Å². The van der Waals surface area contributed by atoms with E-state index in [1.54, 1.807) is 11.8 Å². The summed E-state index contributed by atoms with van der Waals surface area (Å²) < 4.78 is 0. The molecule has 0 bridgehead atoms. The van der Waals surface area contributed by atoms with Crippen LogP contribution in [0.15, 0.2) is 0 Å². The highest BCUT2D eigenvalue weighted by molar-refractivity contribution is 7.99. The van der Waals surface area contributed by atoms with E-state index >= 15 is 0 Å². The Morgan fingerprint density at radius 3 is 2.48 bits per heavy atom. The lowest BCUT2D eigenvalue weighted by molar-refractivity contribution is -0.138. The highest BCUT2D eigenvalue weighted by Gasteiger charge is 2.41. The summed E-state index contributed by atoms with van der Waals surface area (Å²) in [7, 11) is 1.54. The smallest absolute Gasteiger partial charge is 0.246 e. The number of hydrogen-bond donors (Lipinski definition) is 1. The van der Waals surface area contributed by atoms with Gasteiger partial charge in [-0.15, -0.1) is 11.8 Å². The number of carbonyl (C=O) groups excluding carboxylic acids is 3. The van der Waals surface area contributed by atoms with Gasteiger partial charge in [0.15, 0.2) is 0 Å². The zero-order valence-electron chi connectivity index (χ0n) is 12.1. The van der Waals surface area contributed by atoms with Crippen molar-refractivity contribution in [3.8, 4) is 0 Å². The summed E-state index contributed by atoms with van der Waals surface area (Å²) in [4.78, 5) is 41.0. The second-order valence-electron chi connectivity index (χ2n) is 5.64. The Kier molecular flexibility index (Phi) is 4.19. The molecular formula is C13H20N4O3S. The van der Waals surface area contributed by atoms with Crippen molar-refractivity contribution in [1.82, 2.24) is 20.0 Å². The molecule has 2 atom stereocenters. The normalized spacial score (nSPS) is 31.3. The lowest BCUT2D eigenvalue weighted by Gasteiger charge is -2.37. The van der Waals surface area contributed by atoms with Crippen LogP contribution in [-0.4, -0.2) is 89.4 Å². The van der Waals surface area contributed by atoms with E-state index in [9.17, 15) is 14.4 Å². The molecule has 1 N–H and O–H groups in total. The van der Waals surface area contributed by atoms with Crippen molar-refractivity contribution in [1.29, 1.82) is 0 Å². The second kappa shape index (κ2) is 5.94. The van der Waals surface area contributed by atoms with Gasteiger partial charge in [0.25, 0.3) is 0 Å². The SMILES string of the molecule is CN1C(=O)CC(N2CCN(C(=O)C3CSCN3)CC2)C1=O. The largest absolute Gasteiger partial charge is 0.339 e. The van der Waals surface area contributed by atoms with Crippen LogP contribution >= 0.6 is 11.8 Å². The van der Waals surface area contributed by atoms with Crippen molar-refractivity contribution < 1.29 is 14.4 Å². The number of piperazine rings is 1. The molecule has 0 aliphatic carbocycles. The highest BCUT2D eigenvalue weighted by atomic mass is 32.2. The third-order valence-electron chi connectivity index (χ3n) is 4.44. The number of nitrogens with zero attached hydrogens (tertiary/aromatic N) is 3. The lowest BCUT2D eigenvalue weighted by Crippen LogP contribution is -2.56. The van der Waals surface area contributed by atoms with Gasteiger partial charge in [0.05, 0.1) is 18.5 Å². The maximum absolute atomic E-state index is 12.3. The molecule has 3 amide bonds. The Hall–Kier alpha value is -1.12. The zero-order valence-corrected chi connectivity index (χ0v) is 12.9. The standard InChI is InChI=1S/C13H20N4O3S/c1-15-11(18)6-10(13(15)20)16-2-4-17(5-3-16)12(19)9-7-21-8-14-9/h9-10,14H,2-8H2,1H3. The topological polar surface area (TPSA) is 73.0 Å². The number of likely N-dealkylation sites (N-methyl/N-ethyl adjacent to an activating group) is 1. The van der Waals surface area contributed by atoms with Crippen molar-refractivity contribution in [3.63, 3.8) is 0 Å². The molecule has 2 unspecified atom stereocenters. The Morgan fingerprint density at radius 2 is 1.95 bits per heavy atom. The van der Waals surface area contributed by atoms with Crippen molar-refractivity contribution in [3.05, 3.63) is 0 Å². The molecule has 3 aliphatic rings. The fraction of sp³-hybridized carbons (Fsp3) is 0.769. The van der Waals surface area contributed by atoms with Crippen molar-refractivity contribution in [2.45, 2.75) is 18.5 Å². The number of imide groups is 1. The first-order valence-corrected chi connectivity index (χ1v) is 8.38. The van der Waals surface area contributed by atoms with Crippen LogP contribution in [0.25, 0.3) is 0 Å². The first kappa shape index (κ1) is 14.8. The van der Waals surface area contributed by atoms with Crippen molar-refractivity contribution >= 4 is 29.5 Å². The van der Waals surface area contributed by atoms with E-state index in [4.69, 9.17) is 0 Å². The van der Waals surface area contributed by atoms with E-state index in [-0.39, 0.29) is 36.2 Å². The van der Waals surface area contributed by atoms with Crippen molar-refractivity contribution in [2.24, 2.45) is 0 Å². The number of nitrogens with one attached hydrogen (secondary N) is 1. The number of amides is 3. The molecule has 0 radical (unpaired) electrons. The van der Waals surface area contributed by atoms with Crippen LogP contribution in [0.5, 0.6) is 0 Å². The van der Waals surface area contributed by atoms with Gasteiger partial charge in [-0.25, -0.2) is 0 Å². The quantitative estimate of drug-likeness (QED) is 0.629. The fourth-order valence-electron chi connectivity index (χ4n) is 3.05. The molecule has 116 valence electrons. The minimum Gasteiger partial charge on any atom is -0.339 e. The predicted octanol–water partition coefficient (Wildman–Crippen LogP) is -1.45. The van der Waals surface area contributed by atoms with Crippen LogP contribution in [0.2, 0.25) is 0 Å². The van der Waals surface area contributed by atoms with Gasteiger partial charge in [-0.05, 0) is 0 Å². The molecule has 0 aromatic rings. The zero-order chi connectivity index (χ0) is 15.0. The molecule has 3 fully saturated rings. The molecule has 7 nitrogen and oxygen atoms in total. The summed E-state index contributed by atoms with van der Waals surface area (Å²) >= 11 is 1.74. The minimum absolute atomic E-state index is 0.0672. The first-order chi connectivity index (χ1) is 10.1. The molecule has 0 saturated carbocycles. The van der Waals surface area contributed by atoms with E-state index in [0.717, 1.165) is 11.6 Å². The van der Waals surface area contributed by atoms with Gasteiger partial charge < -0.3 is 4.90 Å². The molecule has 0 aromatic carbocycles. The van der Waals surface area contributed by atoms with Crippen LogP contribution in [0.3, 0.4) is 0 Å². The van der Waals surface area contributed by atoms with Crippen LogP contribution in [-0.2, 0) is 14.4 Å². The van der Waals surface area contributed by atoms with Gasteiger partial charge in [-0.2, -0.15) is 0 Å². The summed E-state index contributed by atoms with van der Waals surface area (Å²) in [5.41, 5.74) is 0. The van der Waals surface area contributed by atoms with E-state index in [1.165, 1.54) is 11.9 Å². The molecule has 3 heterocycles. The molecule has 0 aromatic heterocycles. The summed E-state index contributed by atoms with van der Waals surface area (Å²) in [5.74, 6) is 1.59. The Balaban J connectivity index is 1.54. The molecule has 0 spiro atoms. The monoisotopic (exact) mass is 312 g/mol. The minimum atomic E-state index is -0.333. The molecule has 3 rings (SSSR count). The first-order valence-electron chi connectivity index (χ1n) is 7.22. The number of thioether (sulfide) groups is 1. The number of carbonyl (C=O) groups is 3. The van der Waals surface area contributed by atoms with E-state index in [1.807, 2.05) is 9.80 Å². The number of rotatable bonds is 2. The molecule has 8 heteroatoms. The summed E-state index contributed by atoms with van der Waals surface area (Å²) in [6, 6.07) is -0.401. The average molecular weight is 312 g/mol. The van der Waals surface area contributed by atoms with Gasteiger partial charge in [0.2, 0.25) is 17.7 Å². The Bertz CT molecular complexity index is 458. The molecule has 3 saturated heterocycles. The number of likely N-dealkylation sites (tertiary alicyclic amines) is 1. The van der Waals surface area contributed by atoms with Crippen molar-refractivity contribution in [2.75, 3.05) is 44.9 Å². The van der Waals surface area contributed by atoms with Gasteiger partial charge in [0, 0.05) is 44.9 Å². The second-order valence-corrected chi connectivity index (χ2v) is 6.67. The fourth-order valence-corrected chi connectivity index (χ4v) is 3.98. The van der Waals surface area contributed by atoms with Crippen LogP contribution in [0.4, 0.5) is 0 Å². The van der Waals surface area contributed by atoms with Gasteiger partial charge in [0.1, 0.15) is 0 Å². The Morgan fingerprint density at radius 1 is 1.24 bits per heavy atom. The maximum atomic E-state index is 12.3. The van der Waals surface area contributed by atoms with Gasteiger partial charge >= 0.3 is 0 Å². The molecule has 3 aliphatic heterocycles. The maximum Gasteiger partial charge on any atom is 0.246 e. The number of hydrogen-bond acceptors (Lipinski definition) is 6.